The molecule has 1 rings (SSSR count). The zero-order valence-corrected chi connectivity index (χ0v) is 34.1. The maximum atomic E-state index is 3.81. The van der Waals surface area contributed by atoms with Crippen LogP contribution < -0.4 is 0 Å². The third-order valence-corrected chi connectivity index (χ3v) is 10.0. The summed E-state index contributed by atoms with van der Waals surface area (Å²) in [5, 5.41) is 0. The standard InChI is InChI=1S/C38H62Si4/c1-15-17-19-21-23-33-35(25-29-39(3,4)5)37(27-31-41(9,10)11)34(24-22-20-18-16-2)38(28-32-42(12,13)14)36(33)26-30-40(6,7)8/h15-24H2,1-14H3. The van der Waals surface area contributed by atoms with Crippen molar-refractivity contribution < 1.29 is 0 Å². The number of unbranched alkanes of at least 4 members (excludes halogenated alkanes) is 6. The minimum atomic E-state index is -1.61. The molecule has 0 nitrogen and oxygen atoms in total. The first kappa shape index (κ1) is 38.4. The highest BCUT2D eigenvalue weighted by Gasteiger charge is 2.23. The first-order chi connectivity index (χ1) is 19.3. The molecule has 0 bridgehead atoms. The van der Waals surface area contributed by atoms with Crippen LogP contribution in [0.3, 0.4) is 0 Å². The Balaban J connectivity index is 4.49. The highest BCUT2D eigenvalue weighted by molar-refractivity contribution is 6.85. The lowest BCUT2D eigenvalue weighted by Crippen LogP contribution is -2.19. The van der Waals surface area contributed by atoms with E-state index in [1.165, 1.54) is 71.9 Å². The molecule has 0 spiro atoms. The van der Waals surface area contributed by atoms with Gasteiger partial charge in [0.05, 0.1) is 0 Å². The summed E-state index contributed by atoms with van der Waals surface area (Å²) in [6.45, 7) is 32.7. The lowest BCUT2D eigenvalue weighted by atomic mass is 9.83. The van der Waals surface area contributed by atoms with Crippen molar-refractivity contribution >= 4 is 32.3 Å². The molecule has 0 radical (unpaired) electrons. The number of benzene rings is 1. The van der Waals surface area contributed by atoms with Crippen LogP contribution in [0, 0.1) is 45.9 Å². The predicted molar refractivity (Wildman–Crippen MR) is 203 cm³/mol. The van der Waals surface area contributed by atoms with Crippen LogP contribution in [0.25, 0.3) is 0 Å². The van der Waals surface area contributed by atoms with Crippen molar-refractivity contribution in [1.82, 2.24) is 0 Å². The van der Waals surface area contributed by atoms with E-state index in [9.17, 15) is 0 Å². The highest BCUT2D eigenvalue weighted by Crippen LogP contribution is 2.31. The Morgan fingerprint density at radius 1 is 0.357 bits per heavy atom. The normalized spacial score (nSPS) is 11.8. The summed E-state index contributed by atoms with van der Waals surface area (Å²) in [7, 11) is -6.46. The van der Waals surface area contributed by atoms with Crippen LogP contribution in [0.2, 0.25) is 78.6 Å². The van der Waals surface area contributed by atoms with Gasteiger partial charge in [0.2, 0.25) is 0 Å². The van der Waals surface area contributed by atoms with E-state index in [2.05, 4.69) is 138 Å². The number of hydrogen-bond donors (Lipinski definition) is 0. The Kier molecular flexibility index (Phi) is 15.5. The van der Waals surface area contributed by atoms with Gasteiger partial charge >= 0.3 is 0 Å². The van der Waals surface area contributed by atoms with Crippen LogP contribution >= 0.6 is 0 Å². The molecule has 42 heavy (non-hydrogen) atoms. The van der Waals surface area contributed by atoms with E-state index in [-0.39, 0.29) is 0 Å². The zero-order valence-electron chi connectivity index (χ0n) is 30.1. The van der Waals surface area contributed by atoms with Gasteiger partial charge in [-0.2, -0.15) is 0 Å². The van der Waals surface area contributed by atoms with E-state index in [0.29, 0.717) is 0 Å². The van der Waals surface area contributed by atoms with Gasteiger partial charge in [-0.3, -0.25) is 0 Å². The van der Waals surface area contributed by atoms with Crippen LogP contribution in [-0.4, -0.2) is 32.3 Å². The van der Waals surface area contributed by atoms with E-state index in [4.69, 9.17) is 0 Å². The molecule has 0 aliphatic rings. The summed E-state index contributed by atoms with van der Waals surface area (Å²) in [5.74, 6) is 15.2. The smallest absolute Gasteiger partial charge is 0.127 e. The van der Waals surface area contributed by atoms with E-state index >= 15 is 0 Å². The van der Waals surface area contributed by atoms with Crippen molar-refractivity contribution in [1.29, 1.82) is 0 Å². The lowest BCUT2D eigenvalue weighted by Gasteiger charge is -2.20. The molecule has 4 heteroatoms. The SMILES string of the molecule is CCCCCCc1c(C#C[Si](C)(C)C)c(C#C[Si](C)(C)C)c(CCCCCC)c(C#C[Si](C)(C)C)c1C#C[Si](C)(C)C. The average Bonchev–Trinajstić information content (AvgIpc) is 2.83. The molecule has 0 aliphatic heterocycles. The molecule has 0 aromatic heterocycles. The minimum Gasteiger partial charge on any atom is -0.127 e. The Labute approximate surface area is 267 Å². The molecule has 0 fully saturated rings. The molecule has 0 unspecified atom stereocenters. The van der Waals surface area contributed by atoms with E-state index in [1.807, 2.05) is 0 Å². The molecule has 0 N–H and O–H groups in total. The molecular formula is C38H62Si4. The fraction of sp³-hybridized carbons (Fsp3) is 0.632. The second-order valence-electron chi connectivity index (χ2n) is 16.1. The highest BCUT2D eigenvalue weighted by atomic mass is 28.3. The van der Waals surface area contributed by atoms with Gasteiger partial charge in [0.25, 0.3) is 0 Å². The van der Waals surface area contributed by atoms with Gasteiger partial charge in [-0.05, 0) is 36.8 Å². The summed E-state index contributed by atoms with van der Waals surface area (Å²) >= 11 is 0. The lowest BCUT2D eigenvalue weighted by molar-refractivity contribution is 0.661. The Hall–Kier alpha value is -1.67. The van der Waals surface area contributed by atoms with Crippen molar-refractivity contribution in [3.05, 3.63) is 33.4 Å². The molecule has 0 saturated heterocycles. The molecular weight excluding hydrogens is 569 g/mol. The second kappa shape index (κ2) is 17.0. The molecule has 1 aromatic carbocycles. The number of hydrogen-bond acceptors (Lipinski definition) is 0. The minimum absolute atomic E-state index is 1.00. The molecule has 1 aromatic rings. The van der Waals surface area contributed by atoms with Crippen molar-refractivity contribution in [2.45, 2.75) is 157 Å². The molecule has 0 aliphatic carbocycles. The Morgan fingerprint density at radius 3 is 0.786 bits per heavy atom. The summed E-state index contributed by atoms with van der Waals surface area (Å²) in [6.07, 6.45) is 11.8. The average molecular weight is 631 g/mol. The maximum Gasteiger partial charge on any atom is 0.129 e. The monoisotopic (exact) mass is 630 g/mol. The van der Waals surface area contributed by atoms with E-state index in [0.717, 1.165) is 25.7 Å². The third kappa shape index (κ3) is 15.7. The zero-order chi connectivity index (χ0) is 32.2. The van der Waals surface area contributed by atoms with Gasteiger partial charge in [0.1, 0.15) is 32.3 Å². The third-order valence-electron chi connectivity index (χ3n) is 6.52. The largest absolute Gasteiger partial charge is 0.129 e. The van der Waals surface area contributed by atoms with Crippen molar-refractivity contribution in [2.24, 2.45) is 0 Å². The predicted octanol–water partition coefficient (Wildman–Crippen LogP) is 10.8. The van der Waals surface area contributed by atoms with E-state index in [1.54, 1.807) is 0 Å². The maximum absolute atomic E-state index is 3.81. The van der Waals surface area contributed by atoms with Crippen molar-refractivity contribution in [3.63, 3.8) is 0 Å². The Morgan fingerprint density at radius 2 is 0.595 bits per heavy atom. The quantitative estimate of drug-likeness (QED) is 0.137. The summed E-state index contributed by atoms with van der Waals surface area (Å²) in [4.78, 5) is 0. The molecule has 0 amide bonds. The van der Waals surface area contributed by atoms with Crippen molar-refractivity contribution in [3.8, 4) is 45.9 Å². The fourth-order valence-corrected chi connectivity index (χ4v) is 6.36. The summed E-state index contributed by atoms with van der Waals surface area (Å²) in [6, 6.07) is 0. The van der Waals surface area contributed by atoms with Crippen LogP contribution in [-0.2, 0) is 12.8 Å². The molecule has 0 heterocycles. The number of rotatable bonds is 10. The summed E-state index contributed by atoms with van der Waals surface area (Å²) in [5.41, 5.74) is 22.4. The first-order valence-corrected chi connectivity index (χ1v) is 30.6. The summed E-state index contributed by atoms with van der Waals surface area (Å²) < 4.78 is 0. The second-order valence-corrected chi connectivity index (χ2v) is 35.1. The first-order valence-electron chi connectivity index (χ1n) is 16.6. The van der Waals surface area contributed by atoms with Gasteiger partial charge in [0, 0.05) is 22.3 Å². The van der Waals surface area contributed by atoms with Crippen LogP contribution in [0.1, 0.15) is 98.6 Å². The topological polar surface area (TPSA) is 0 Å². The fourth-order valence-electron chi connectivity index (χ4n) is 4.36. The molecule has 0 saturated carbocycles. The van der Waals surface area contributed by atoms with E-state index < -0.39 is 32.3 Å². The van der Waals surface area contributed by atoms with Crippen LogP contribution in [0.5, 0.6) is 0 Å². The van der Waals surface area contributed by atoms with Gasteiger partial charge in [-0.25, -0.2) is 0 Å². The van der Waals surface area contributed by atoms with Gasteiger partial charge in [0.15, 0.2) is 0 Å². The van der Waals surface area contributed by atoms with Gasteiger partial charge in [-0.15, -0.1) is 22.2 Å². The van der Waals surface area contributed by atoms with Gasteiger partial charge < -0.3 is 0 Å². The molecule has 0 atom stereocenters. The van der Waals surface area contributed by atoms with Crippen LogP contribution in [0.15, 0.2) is 0 Å². The van der Waals surface area contributed by atoms with Crippen LogP contribution in [0.4, 0.5) is 0 Å². The van der Waals surface area contributed by atoms with Gasteiger partial charge in [-0.1, -0.05) is 155 Å². The Bertz CT molecular complexity index is 1100. The van der Waals surface area contributed by atoms with Crippen molar-refractivity contribution in [2.75, 3.05) is 0 Å². The molecule has 230 valence electrons.